The number of rotatable bonds is 4. The maximum absolute atomic E-state index is 12.1. The summed E-state index contributed by atoms with van der Waals surface area (Å²) < 4.78 is 0. The highest BCUT2D eigenvalue weighted by molar-refractivity contribution is 6.38. The Balaban J connectivity index is 2.24. The predicted molar refractivity (Wildman–Crippen MR) is 123 cm³/mol. The molecule has 0 aliphatic heterocycles. The minimum absolute atomic E-state index is 0.00129. The van der Waals surface area contributed by atoms with E-state index in [9.17, 15) is 39.6 Å². The van der Waals surface area contributed by atoms with Gasteiger partial charge in [0.05, 0.1) is 22.3 Å². The highest BCUT2D eigenvalue weighted by Crippen LogP contribution is 2.45. The average molecular weight is 452 g/mol. The molecule has 5 aromatic carbocycles. The largest absolute Gasteiger partial charge is 0.478 e. The van der Waals surface area contributed by atoms with Crippen LogP contribution in [0.1, 0.15) is 47.0 Å². The zero-order chi connectivity index (χ0) is 24.5. The molecular formula is C26H12O8. The van der Waals surface area contributed by atoms with Crippen molar-refractivity contribution in [2.24, 2.45) is 0 Å². The number of terminal acetylenes is 1. The van der Waals surface area contributed by atoms with Crippen molar-refractivity contribution in [2.45, 2.75) is 0 Å². The second-order valence-corrected chi connectivity index (χ2v) is 7.69. The van der Waals surface area contributed by atoms with Gasteiger partial charge >= 0.3 is 23.9 Å². The first-order valence-electron chi connectivity index (χ1n) is 9.81. The summed E-state index contributed by atoms with van der Waals surface area (Å²) in [6.45, 7) is 0. The number of hydrogen-bond acceptors (Lipinski definition) is 4. The summed E-state index contributed by atoms with van der Waals surface area (Å²) in [4.78, 5) is 48.0. The molecule has 0 radical (unpaired) electrons. The van der Waals surface area contributed by atoms with Crippen LogP contribution in [0.25, 0.3) is 43.1 Å². The van der Waals surface area contributed by atoms with Crippen LogP contribution in [0.15, 0.2) is 42.5 Å². The van der Waals surface area contributed by atoms with Crippen molar-refractivity contribution in [3.8, 4) is 12.3 Å². The van der Waals surface area contributed by atoms with Crippen molar-refractivity contribution in [3.05, 3.63) is 70.3 Å². The molecule has 34 heavy (non-hydrogen) atoms. The Labute approximate surface area is 189 Å². The van der Waals surface area contributed by atoms with Crippen LogP contribution in [-0.2, 0) is 0 Å². The Morgan fingerprint density at radius 1 is 0.529 bits per heavy atom. The van der Waals surface area contributed by atoms with Crippen molar-refractivity contribution in [1.29, 1.82) is 0 Å². The Morgan fingerprint density at radius 2 is 0.941 bits per heavy atom. The fourth-order valence-electron chi connectivity index (χ4n) is 4.82. The SMILES string of the molecule is C#Cc1cc(C(=O)O)c2c(C(=O)O)ccc3c4ccc(C(=O)O)c5c(C(=O)O)ccc(c1c23)c54. The van der Waals surface area contributed by atoms with Gasteiger partial charge in [0.15, 0.2) is 0 Å². The summed E-state index contributed by atoms with van der Waals surface area (Å²) in [6.07, 6.45) is 5.71. The van der Waals surface area contributed by atoms with E-state index >= 15 is 0 Å². The second-order valence-electron chi connectivity index (χ2n) is 7.69. The normalized spacial score (nSPS) is 11.3. The lowest BCUT2D eigenvalue weighted by Gasteiger charge is -2.19. The van der Waals surface area contributed by atoms with Gasteiger partial charge in [0.25, 0.3) is 0 Å². The van der Waals surface area contributed by atoms with Gasteiger partial charge in [0.2, 0.25) is 0 Å². The molecule has 0 fully saturated rings. The van der Waals surface area contributed by atoms with Crippen LogP contribution in [0, 0.1) is 12.3 Å². The first-order chi connectivity index (χ1) is 16.2. The van der Waals surface area contributed by atoms with E-state index in [0.717, 1.165) is 0 Å². The highest BCUT2D eigenvalue weighted by atomic mass is 16.4. The molecule has 164 valence electrons. The molecule has 0 saturated carbocycles. The first kappa shape index (κ1) is 20.7. The summed E-state index contributed by atoms with van der Waals surface area (Å²) in [7, 11) is 0. The molecule has 0 bridgehead atoms. The van der Waals surface area contributed by atoms with Gasteiger partial charge in [-0.15, -0.1) is 6.42 Å². The molecule has 4 N–H and O–H groups in total. The summed E-state index contributed by atoms with van der Waals surface area (Å²) >= 11 is 0. The van der Waals surface area contributed by atoms with Crippen molar-refractivity contribution in [1.82, 2.24) is 0 Å². The van der Waals surface area contributed by atoms with E-state index in [4.69, 9.17) is 6.42 Å². The number of aromatic carboxylic acids is 4. The molecule has 0 atom stereocenters. The van der Waals surface area contributed by atoms with Crippen LogP contribution < -0.4 is 0 Å². The molecule has 0 aromatic heterocycles. The molecule has 0 aliphatic carbocycles. The molecule has 0 spiro atoms. The zero-order valence-corrected chi connectivity index (χ0v) is 17.0. The molecular weight excluding hydrogens is 440 g/mol. The monoisotopic (exact) mass is 452 g/mol. The summed E-state index contributed by atoms with van der Waals surface area (Å²) in [6, 6.07) is 9.50. The molecule has 5 aromatic rings. The Hall–Kier alpha value is -5.16. The van der Waals surface area contributed by atoms with E-state index in [1.165, 1.54) is 42.5 Å². The molecule has 0 aliphatic rings. The van der Waals surface area contributed by atoms with E-state index in [2.05, 4.69) is 5.92 Å². The zero-order valence-electron chi connectivity index (χ0n) is 17.0. The van der Waals surface area contributed by atoms with Gasteiger partial charge in [-0.3, -0.25) is 0 Å². The minimum atomic E-state index is -1.36. The van der Waals surface area contributed by atoms with Crippen molar-refractivity contribution < 1.29 is 39.6 Å². The molecule has 5 rings (SSSR count). The number of carboxylic acids is 4. The highest BCUT2D eigenvalue weighted by Gasteiger charge is 2.26. The predicted octanol–water partition coefficient (Wildman–Crippen LogP) is 4.51. The topological polar surface area (TPSA) is 149 Å². The number of hydrogen-bond donors (Lipinski definition) is 4. The maximum atomic E-state index is 12.1. The smallest absolute Gasteiger partial charge is 0.336 e. The number of benzene rings is 5. The van der Waals surface area contributed by atoms with E-state index in [-0.39, 0.29) is 38.6 Å². The first-order valence-corrected chi connectivity index (χ1v) is 9.81. The third kappa shape index (κ3) is 2.55. The van der Waals surface area contributed by atoms with Gasteiger partial charge in [-0.05, 0) is 45.8 Å². The third-order valence-corrected chi connectivity index (χ3v) is 6.08. The maximum Gasteiger partial charge on any atom is 0.336 e. The number of fused-ring (bicyclic) bond motifs is 2. The van der Waals surface area contributed by atoms with Gasteiger partial charge in [-0.25, -0.2) is 19.2 Å². The third-order valence-electron chi connectivity index (χ3n) is 6.08. The second kappa shape index (κ2) is 6.92. The van der Waals surface area contributed by atoms with Gasteiger partial charge in [-0.2, -0.15) is 0 Å². The lowest BCUT2D eigenvalue weighted by Crippen LogP contribution is -2.08. The number of carboxylic acid groups (broad SMARTS) is 4. The van der Waals surface area contributed by atoms with Gasteiger partial charge in [-0.1, -0.05) is 24.1 Å². The van der Waals surface area contributed by atoms with E-state index in [0.29, 0.717) is 32.3 Å². The molecule has 8 heteroatoms. The van der Waals surface area contributed by atoms with Crippen molar-refractivity contribution >= 4 is 67.0 Å². The van der Waals surface area contributed by atoms with Crippen LogP contribution in [0.5, 0.6) is 0 Å². The number of carbonyl (C=O) groups is 4. The van der Waals surface area contributed by atoms with Crippen LogP contribution in [-0.4, -0.2) is 44.3 Å². The molecule has 0 amide bonds. The van der Waals surface area contributed by atoms with Gasteiger partial charge < -0.3 is 20.4 Å². The van der Waals surface area contributed by atoms with E-state index < -0.39 is 23.9 Å². The average Bonchev–Trinajstić information content (AvgIpc) is 2.80. The fraction of sp³-hybridized carbons (Fsp3) is 0. The lowest BCUT2D eigenvalue weighted by atomic mass is 9.82. The summed E-state index contributed by atoms with van der Waals surface area (Å²) in [5.74, 6) is -2.87. The summed E-state index contributed by atoms with van der Waals surface area (Å²) in [5, 5.41) is 41.3. The van der Waals surface area contributed by atoms with Crippen molar-refractivity contribution in [3.63, 3.8) is 0 Å². The van der Waals surface area contributed by atoms with E-state index in [1.807, 2.05) is 0 Å². The van der Waals surface area contributed by atoms with Crippen LogP contribution in [0.2, 0.25) is 0 Å². The van der Waals surface area contributed by atoms with Gasteiger partial charge in [0.1, 0.15) is 0 Å². The van der Waals surface area contributed by atoms with Crippen LogP contribution in [0.3, 0.4) is 0 Å². The Kier molecular flexibility index (Phi) is 4.22. The molecule has 0 saturated heterocycles. The Bertz CT molecular complexity index is 1800. The minimum Gasteiger partial charge on any atom is -0.478 e. The fourth-order valence-corrected chi connectivity index (χ4v) is 4.82. The quantitative estimate of drug-likeness (QED) is 0.177. The van der Waals surface area contributed by atoms with E-state index in [1.54, 1.807) is 0 Å². The molecule has 0 heterocycles. The van der Waals surface area contributed by atoms with Crippen LogP contribution >= 0.6 is 0 Å². The van der Waals surface area contributed by atoms with Crippen LogP contribution in [0.4, 0.5) is 0 Å². The molecule has 8 nitrogen and oxygen atoms in total. The lowest BCUT2D eigenvalue weighted by molar-refractivity contribution is 0.0681. The summed E-state index contributed by atoms with van der Waals surface area (Å²) in [5.41, 5.74) is -0.794. The van der Waals surface area contributed by atoms with Crippen molar-refractivity contribution in [2.75, 3.05) is 0 Å². The Morgan fingerprint density at radius 3 is 1.38 bits per heavy atom. The molecule has 0 unspecified atom stereocenters. The standard InChI is InChI=1S/C26H12O8/c1-2-10-9-17(26(33)34)21-16(25(31)32)7-4-12-11-3-6-14(23(27)28)20-15(24(29)30)8-5-13(19(11)20)18(10)22(12)21/h1,3-9H,(H,27,28)(H,29,30)(H,31,32)(H,33,34). The van der Waals surface area contributed by atoms with Gasteiger partial charge in [0, 0.05) is 27.1 Å².